The fourth-order valence-corrected chi connectivity index (χ4v) is 1.48. The van der Waals surface area contributed by atoms with Gasteiger partial charge in [0.05, 0.1) is 4.87 Å². The molecular weight excluding hydrogens is 244 g/mol. The molecule has 18 heavy (non-hydrogen) atoms. The van der Waals surface area contributed by atoms with Crippen LogP contribution in [0.4, 0.5) is 0 Å². The van der Waals surface area contributed by atoms with Crippen molar-refractivity contribution in [1.82, 2.24) is 10.6 Å². The molecule has 98 valence electrons. The van der Waals surface area contributed by atoms with E-state index in [2.05, 4.69) is 23.3 Å². The predicted octanol–water partition coefficient (Wildman–Crippen LogP) is 1.97. The molecular formula is C14H20N2OS. The topological polar surface area (TPSA) is 41.1 Å². The largest absolute Gasteiger partial charge is 0.351 e. The Morgan fingerprint density at radius 3 is 2.56 bits per heavy atom. The Morgan fingerprint density at radius 2 is 1.83 bits per heavy atom. The summed E-state index contributed by atoms with van der Waals surface area (Å²) in [6.07, 6.45) is 13.0. The first-order valence-electron chi connectivity index (χ1n) is 5.96. The summed E-state index contributed by atoms with van der Waals surface area (Å²) in [6.45, 7) is 5.20. The second-order valence-corrected chi connectivity index (χ2v) is 5.61. The highest BCUT2D eigenvalue weighted by Crippen LogP contribution is 2.05. The second-order valence-electron chi connectivity index (χ2n) is 4.49. The van der Waals surface area contributed by atoms with E-state index >= 15 is 0 Å². The van der Waals surface area contributed by atoms with E-state index in [-0.39, 0.29) is 10.8 Å². The van der Waals surface area contributed by atoms with Crippen LogP contribution in [0.1, 0.15) is 13.8 Å². The van der Waals surface area contributed by atoms with E-state index in [4.69, 9.17) is 0 Å². The molecule has 0 unspecified atom stereocenters. The highest BCUT2D eigenvalue weighted by atomic mass is 32.1. The van der Waals surface area contributed by atoms with Crippen LogP contribution in [0.3, 0.4) is 0 Å². The Bertz CT molecular complexity index is 401. The van der Waals surface area contributed by atoms with E-state index in [1.807, 2.05) is 44.2 Å². The number of carbonyl (C=O) groups is 1. The summed E-state index contributed by atoms with van der Waals surface area (Å²) in [5.74, 6) is -0.0648. The van der Waals surface area contributed by atoms with Gasteiger partial charge in [0.15, 0.2) is 0 Å². The van der Waals surface area contributed by atoms with E-state index in [9.17, 15) is 4.79 Å². The lowest BCUT2D eigenvalue weighted by molar-refractivity contribution is -0.117. The van der Waals surface area contributed by atoms with E-state index in [0.29, 0.717) is 18.7 Å². The summed E-state index contributed by atoms with van der Waals surface area (Å²) in [7, 11) is 0. The van der Waals surface area contributed by atoms with Crippen LogP contribution in [-0.2, 0) is 4.79 Å². The lowest BCUT2D eigenvalue weighted by Crippen LogP contribution is -2.40. The number of nitrogens with one attached hydrogen (secondary N) is 2. The van der Waals surface area contributed by atoms with Crippen LogP contribution in [0.5, 0.6) is 0 Å². The van der Waals surface area contributed by atoms with Gasteiger partial charge in [-0.25, -0.2) is 0 Å². The van der Waals surface area contributed by atoms with Crippen molar-refractivity contribution in [1.29, 1.82) is 0 Å². The maximum absolute atomic E-state index is 11.9. The van der Waals surface area contributed by atoms with Crippen LogP contribution in [-0.4, -0.2) is 23.9 Å². The van der Waals surface area contributed by atoms with Gasteiger partial charge in [0, 0.05) is 18.7 Å². The summed E-state index contributed by atoms with van der Waals surface area (Å²) in [5.41, 5.74) is 0.653. The Balaban J connectivity index is 2.37. The molecule has 0 saturated carbocycles. The first-order valence-corrected chi connectivity index (χ1v) is 6.41. The monoisotopic (exact) mass is 264 g/mol. The lowest BCUT2D eigenvalue weighted by Gasteiger charge is -2.19. The van der Waals surface area contributed by atoms with Crippen molar-refractivity contribution in [2.75, 3.05) is 13.1 Å². The zero-order valence-electron chi connectivity index (χ0n) is 10.8. The molecule has 0 heterocycles. The molecule has 0 aromatic heterocycles. The van der Waals surface area contributed by atoms with Gasteiger partial charge < -0.3 is 10.6 Å². The summed E-state index contributed by atoms with van der Waals surface area (Å²) in [4.78, 5) is 11.6. The molecule has 0 saturated heterocycles. The Kier molecular flexibility index (Phi) is 5.95. The third-order valence-electron chi connectivity index (χ3n) is 2.23. The average Bonchev–Trinajstić information content (AvgIpc) is 2.22. The number of hydrogen-bond acceptors (Lipinski definition) is 3. The van der Waals surface area contributed by atoms with Gasteiger partial charge in [0.25, 0.3) is 5.91 Å². The highest BCUT2D eigenvalue weighted by Gasteiger charge is 2.09. The molecule has 4 heteroatoms. The first kappa shape index (κ1) is 14.8. The predicted molar refractivity (Wildman–Crippen MR) is 79.6 cm³/mol. The molecule has 1 amide bonds. The number of thiol groups is 1. The van der Waals surface area contributed by atoms with Crippen molar-refractivity contribution >= 4 is 18.5 Å². The molecule has 0 atom stereocenters. The molecule has 0 aromatic carbocycles. The molecule has 1 aliphatic rings. The summed E-state index contributed by atoms with van der Waals surface area (Å²) in [6, 6.07) is 0. The summed E-state index contributed by atoms with van der Waals surface area (Å²) >= 11 is 4.34. The number of hydrogen-bond donors (Lipinski definition) is 3. The highest BCUT2D eigenvalue weighted by molar-refractivity contribution is 7.81. The molecule has 1 aliphatic carbocycles. The maximum atomic E-state index is 11.9. The van der Waals surface area contributed by atoms with Gasteiger partial charge in [-0.3, -0.25) is 4.79 Å². The van der Waals surface area contributed by atoms with E-state index in [1.54, 1.807) is 12.2 Å². The molecule has 0 spiro atoms. The van der Waals surface area contributed by atoms with Crippen molar-refractivity contribution in [2.24, 2.45) is 0 Å². The van der Waals surface area contributed by atoms with Crippen LogP contribution >= 0.6 is 12.6 Å². The van der Waals surface area contributed by atoms with Gasteiger partial charge in [-0.05, 0) is 26.0 Å². The van der Waals surface area contributed by atoms with Crippen LogP contribution in [0, 0.1) is 0 Å². The maximum Gasteiger partial charge on any atom is 0.251 e. The summed E-state index contributed by atoms with van der Waals surface area (Å²) in [5, 5.41) is 6.05. The normalized spacial score (nSPS) is 18.5. The number of rotatable bonds is 5. The van der Waals surface area contributed by atoms with Gasteiger partial charge in [0.2, 0.25) is 0 Å². The SMILES string of the molecule is CC(C)(S)NCCNC(=O)C1=C/C=C\C=C/C=C1. The van der Waals surface area contributed by atoms with Crippen LogP contribution in [0.15, 0.2) is 48.1 Å². The number of carbonyl (C=O) groups excluding carboxylic acids is 1. The quantitative estimate of drug-likeness (QED) is 0.404. The minimum Gasteiger partial charge on any atom is -0.351 e. The molecule has 3 nitrogen and oxygen atoms in total. The minimum atomic E-state index is -0.225. The average molecular weight is 264 g/mol. The van der Waals surface area contributed by atoms with Crippen LogP contribution in [0.25, 0.3) is 0 Å². The van der Waals surface area contributed by atoms with Gasteiger partial charge >= 0.3 is 0 Å². The zero-order chi connectivity index (χ0) is 13.4. The summed E-state index contributed by atoms with van der Waals surface area (Å²) < 4.78 is 0. The van der Waals surface area contributed by atoms with E-state index < -0.39 is 0 Å². The fraction of sp³-hybridized carbons (Fsp3) is 0.357. The molecule has 0 bridgehead atoms. The fourth-order valence-electron chi connectivity index (χ4n) is 1.36. The molecule has 0 fully saturated rings. The Morgan fingerprint density at radius 1 is 1.17 bits per heavy atom. The molecule has 2 N–H and O–H groups in total. The van der Waals surface area contributed by atoms with Crippen LogP contribution < -0.4 is 10.6 Å². The zero-order valence-corrected chi connectivity index (χ0v) is 11.7. The van der Waals surface area contributed by atoms with Crippen molar-refractivity contribution in [3.63, 3.8) is 0 Å². The molecule has 0 aliphatic heterocycles. The van der Waals surface area contributed by atoms with E-state index in [0.717, 1.165) is 0 Å². The van der Waals surface area contributed by atoms with Crippen molar-refractivity contribution in [2.45, 2.75) is 18.7 Å². The smallest absolute Gasteiger partial charge is 0.251 e. The molecule has 1 rings (SSSR count). The molecule has 0 radical (unpaired) electrons. The first-order chi connectivity index (χ1) is 8.49. The third kappa shape index (κ3) is 6.47. The van der Waals surface area contributed by atoms with Crippen molar-refractivity contribution in [3.8, 4) is 0 Å². The van der Waals surface area contributed by atoms with Gasteiger partial charge in [-0.15, -0.1) is 0 Å². The van der Waals surface area contributed by atoms with Crippen molar-refractivity contribution < 1.29 is 4.79 Å². The second kappa shape index (κ2) is 7.24. The van der Waals surface area contributed by atoms with Crippen LogP contribution in [0.2, 0.25) is 0 Å². The molecule has 0 aromatic rings. The van der Waals surface area contributed by atoms with Gasteiger partial charge in [-0.1, -0.05) is 30.4 Å². The Hall–Kier alpha value is -1.26. The van der Waals surface area contributed by atoms with Crippen molar-refractivity contribution in [3.05, 3.63) is 48.1 Å². The standard InChI is InChI=1S/C14H20N2OS/c1-14(2,18)16-11-10-15-13(17)12-8-6-4-3-5-7-9-12/h3-9,16,18H,10-11H2,1-2H3,(H,15,17)/b4-3-,5-3?,6-4?,7-5-,8-6?,9-7?,12-8?,12-9?. The number of amides is 1. The number of allylic oxidation sites excluding steroid dienone is 6. The minimum absolute atomic E-state index is 0.0648. The Labute approximate surface area is 114 Å². The lowest BCUT2D eigenvalue weighted by atomic mass is 10.1. The van der Waals surface area contributed by atoms with E-state index in [1.165, 1.54) is 0 Å². The van der Waals surface area contributed by atoms with Gasteiger partial charge in [-0.2, -0.15) is 12.6 Å². The van der Waals surface area contributed by atoms with Gasteiger partial charge in [0.1, 0.15) is 0 Å². The third-order valence-corrected chi connectivity index (χ3v) is 2.38.